The molecule has 0 saturated heterocycles. The molecule has 0 aromatic heterocycles. The minimum absolute atomic E-state index is 1.09. The minimum atomic E-state index is -1.30. The molecule has 0 atom stereocenters. The van der Waals surface area contributed by atoms with Gasteiger partial charge >= 0.3 is 138 Å². The van der Waals surface area contributed by atoms with Crippen molar-refractivity contribution in [3.63, 3.8) is 0 Å². The van der Waals surface area contributed by atoms with Crippen molar-refractivity contribution in [1.29, 1.82) is 0 Å². The zero-order chi connectivity index (χ0) is 14.5. The predicted octanol–water partition coefficient (Wildman–Crippen LogP) is 6.93. The van der Waals surface area contributed by atoms with Crippen LogP contribution in [0.15, 0.2) is 0 Å². The molecule has 0 aromatic carbocycles. The molecule has 0 aromatic rings. The van der Waals surface area contributed by atoms with Gasteiger partial charge in [-0.25, -0.2) is 0 Å². The van der Waals surface area contributed by atoms with Crippen molar-refractivity contribution in [3.8, 4) is 0 Å². The molecule has 124 valence electrons. The van der Waals surface area contributed by atoms with Crippen LogP contribution in [0, 0.1) is 0 Å². The van der Waals surface area contributed by atoms with Gasteiger partial charge in [-0.2, -0.15) is 0 Å². The third kappa shape index (κ3) is 3.47. The Balaban J connectivity index is 1.85. The summed E-state index contributed by atoms with van der Waals surface area (Å²) in [6, 6.07) is 0. The second-order valence-electron chi connectivity index (χ2n) is 8.25. The Morgan fingerprint density at radius 2 is 0.810 bits per heavy atom. The first-order valence-electron chi connectivity index (χ1n) is 9.94. The van der Waals surface area contributed by atoms with Crippen molar-refractivity contribution in [2.24, 2.45) is 0 Å². The van der Waals surface area contributed by atoms with Crippen LogP contribution in [-0.4, -0.2) is 22.6 Å². The molecule has 0 radical (unpaired) electrons. The van der Waals surface area contributed by atoms with E-state index < -0.39 is 7.26 Å². The summed E-state index contributed by atoms with van der Waals surface area (Å²) in [5.74, 6) is 0. The maximum atomic E-state index is 6.89. The molecule has 3 aliphatic rings. The summed E-state index contributed by atoms with van der Waals surface area (Å²) in [6.45, 7) is 0. The molecule has 3 fully saturated rings. The Morgan fingerprint density at radius 3 is 1.05 bits per heavy atom. The van der Waals surface area contributed by atoms with E-state index >= 15 is 0 Å². The van der Waals surface area contributed by atoms with Gasteiger partial charge < -0.3 is 0 Å². The van der Waals surface area contributed by atoms with Crippen LogP contribution >= 0.6 is 18.9 Å². The number of rotatable bonds is 4. The predicted molar refractivity (Wildman–Crippen MR) is 99.7 cm³/mol. The molecule has 3 saturated carbocycles. The van der Waals surface area contributed by atoms with Crippen LogP contribution in [-0.2, 0) is 0 Å². The van der Waals surface area contributed by atoms with Gasteiger partial charge in [-0.1, -0.05) is 0 Å². The van der Waals surface area contributed by atoms with Crippen molar-refractivity contribution >= 4 is 18.9 Å². The van der Waals surface area contributed by atoms with Crippen LogP contribution in [0.2, 0.25) is 0 Å². The first kappa shape index (κ1) is 16.6. The molecular formula is C19H36ClP. The van der Waals surface area contributed by atoms with Crippen molar-refractivity contribution in [2.45, 2.75) is 113 Å². The fraction of sp³-hybridized carbons (Fsp3) is 1.00. The Hall–Kier alpha value is 0.720. The van der Waals surface area contributed by atoms with Crippen LogP contribution in [0.25, 0.3) is 0 Å². The molecule has 0 bridgehead atoms. The standard InChI is InChI=1S/C19H36ClP/c20-16-21(17-10-4-1-5-11-17,18-12-6-2-7-13-18)19-14-8-3-9-15-19/h17-19,21H,1-16H2. The Morgan fingerprint density at radius 1 is 0.524 bits per heavy atom. The third-order valence-corrected chi connectivity index (χ3v) is 15.5. The van der Waals surface area contributed by atoms with E-state index in [9.17, 15) is 0 Å². The molecule has 0 spiro atoms. The van der Waals surface area contributed by atoms with Gasteiger partial charge in [0.25, 0.3) is 0 Å². The summed E-state index contributed by atoms with van der Waals surface area (Å²) >= 11 is 6.89. The van der Waals surface area contributed by atoms with Gasteiger partial charge in [0.15, 0.2) is 0 Å². The average Bonchev–Trinajstić information content (AvgIpc) is 2.59. The quantitative estimate of drug-likeness (QED) is 0.387. The molecule has 0 aliphatic heterocycles. The fourth-order valence-electron chi connectivity index (χ4n) is 6.25. The number of halogens is 1. The number of hydrogen-bond acceptors (Lipinski definition) is 0. The normalized spacial score (nSPS) is 28.6. The van der Waals surface area contributed by atoms with Gasteiger partial charge in [-0.15, -0.1) is 0 Å². The van der Waals surface area contributed by atoms with Crippen molar-refractivity contribution < 1.29 is 0 Å². The van der Waals surface area contributed by atoms with Crippen LogP contribution in [0.1, 0.15) is 96.3 Å². The van der Waals surface area contributed by atoms with Gasteiger partial charge in [-0.3, -0.25) is 0 Å². The summed E-state index contributed by atoms with van der Waals surface area (Å²) in [6.07, 6.45) is 22.8. The van der Waals surface area contributed by atoms with Crippen LogP contribution in [0.4, 0.5) is 0 Å². The van der Waals surface area contributed by atoms with E-state index in [1.54, 1.807) is 38.5 Å². The molecule has 0 heterocycles. The topological polar surface area (TPSA) is 0 Å². The Labute approximate surface area is 138 Å². The van der Waals surface area contributed by atoms with Crippen molar-refractivity contribution in [1.82, 2.24) is 0 Å². The average molecular weight is 331 g/mol. The van der Waals surface area contributed by atoms with Crippen LogP contribution in [0.3, 0.4) is 0 Å². The van der Waals surface area contributed by atoms with Crippen LogP contribution < -0.4 is 0 Å². The maximum absolute atomic E-state index is 6.89. The van der Waals surface area contributed by atoms with E-state index in [4.69, 9.17) is 11.6 Å². The molecule has 3 rings (SSSR count). The summed E-state index contributed by atoms with van der Waals surface area (Å²) < 4.78 is 0. The number of hydrogen-bond donors (Lipinski definition) is 0. The monoisotopic (exact) mass is 330 g/mol. The molecule has 3 aliphatic carbocycles. The summed E-state index contributed by atoms with van der Waals surface area (Å²) in [5, 5.41) is 0. The SMILES string of the molecule is ClC[PH](C1CCCCC1)(C1CCCCC1)C1CCCCC1. The molecule has 0 amide bonds. The molecule has 2 heteroatoms. The fourth-order valence-corrected chi connectivity index (χ4v) is 15.3. The molecule has 0 N–H and O–H groups in total. The molecule has 0 nitrogen and oxygen atoms in total. The van der Waals surface area contributed by atoms with Crippen LogP contribution in [0.5, 0.6) is 0 Å². The Kier molecular flexibility index (Phi) is 6.32. The molecular weight excluding hydrogens is 295 g/mol. The van der Waals surface area contributed by atoms with Crippen molar-refractivity contribution in [2.75, 3.05) is 5.62 Å². The van der Waals surface area contributed by atoms with E-state index in [2.05, 4.69) is 0 Å². The van der Waals surface area contributed by atoms with E-state index in [0.29, 0.717) is 0 Å². The first-order valence-corrected chi connectivity index (χ1v) is 12.9. The number of alkyl halides is 1. The second kappa shape index (κ2) is 8.01. The molecule has 21 heavy (non-hydrogen) atoms. The van der Waals surface area contributed by atoms with E-state index in [1.165, 1.54) is 57.8 Å². The summed E-state index contributed by atoms with van der Waals surface area (Å²) in [4.78, 5) is 0. The Bertz CT molecular complexity index is 253. The second-order valence-corrected chi connectivity index (χ2v) is 14.0. The van der Waals surface area contributed by atoms with Gasteiger partial charge in [0.1, 0.15) is 0 Å². The molecule has 0 unspecified atom stereocenters. The van der Waals surface area contributed by atoms with E-state index in [-0.39, 0.29) is 0 Å². The van der Waals surface area contributed by atoms with Gasteiger partial charge in [0, 0.05) is 0 Å². The zero-order valence-corrected chi connectivity index (χ0v) is 15.7. The summed E-state index contributed by atoms with van der Waals surface area (Å²) in [7, 11) is -1.30. The first-order chi connectivity index (χ1) is 10.4. The third-order valence-electron chi connectivity index (χ3n) is 7.33. The summed E-state index contributed by atoms with van der Waals surface area (Å²) in [5.41, 5.74) is 4.38. The van der Waals surface area contributed by atoms with Crippen molar-refractivity contribution in [3.05, 3.63) is 0 Å². The van der Waals surface area contributed by atoms with E-state index in [1.807, 2.05) is 0 Å². The van der Waals surface area contributed by atoms with Gasteiger partial charge in [0.2, 0.25) is 0 Å². The zero-order valence-electron chi connectivity index (χ0n) is 13.9. The van der Waals surface area contributed by atoms with E-state index in [0.717, 1.165) is 22.6 Å². The van der Waals surface area contributed by atoms with Gasteiger partial charge in [-0.05, 0) is 0 Å². The van der Waals surface area contributed by atoms with Gasteiger partial charge in [0.05, 0.1) is 0 Å².